The summed E-state index contributed by atoms with van der Waals surface area (Å²) in [5.74, 6) is 0.715. The molecule has 0 saturated heterocycles. The highest BCUT2D eigenvalue weighted by Crippen LogP contribution is 2.29. The minimum atomic E-state index is 0.282. The Morgan fingerprint density at radius 3 is 2.68 bits per heavy atom. The lowest BCUT2D eigenvalue weighted by molar-refractivity contribution is 0.0956. The van der Waals surface area contributed by atoms with Crippen LogP contribution >= 0.6 is 11.3 Å². The summed E-state index contributed by atoms with van der Waals surface area (Å²) in [6.45, 7) is 8.87. The molecule has 19 heavy (non-hydrogen) atoms. The van der Waals surface area contributed by atoms with Gasteiger partial charge in [-0.25, -0.2) is 0 Å². The molecular formula is C17H22OS. The normalized spacial score (nSPS) is 13.7. The van der Waals surface area contributed by atoms with Crippen molar-refractivity contribution in [3.8, 4) is 0 Å². The van der Waals surface area contributed by atoms with E-state index in [0.717, 1.165) is 16.7 Å². The van der Waals surface area contributed by atoms with Gasteiger partial charge in [-0.3, -0.25) is 4.79 Å². The molecule has 0 amide bonds. The van der Waals surface area contributed by atoms with E-state index in [1.807, 2.05) is 12.1 Å². The molecule has 0 spiro atoms. The highest BCUT2D eigenvalue weighted by molar-refractivity contribution is 7.17. The van der Waals surface area contributed by atoms with Crippen LogP contribution in [-0.4, -0.2) is 5.78 Å². The molecule has 2 rings (SSSR count). The molecule has 1 aromatic carbocycles. The summed E-state index contributed by atoms with van der Waals surface area (Å²) in [5.41, 5.74) is 1.18. The zero-order valence-corrected chi connectivity index (χ0v) is 13.0. The van der Waals surface area contributed by atoms with Crippen LogP contribution in [0.1, 0.15) is 50.9 Å². The summed E-state index contributed by atoms with van der Waals surface area (Å²) < 4.78 is 1.13. The SMILES string of the molecule is CC(CC(=O)c1cccc2ccsc12)CC(C)(C)C. The Bertz CT molecular complexity index is 574. The molecule has 0 aliphatic rings. The molecule has 0 saturated carbocycles. The Morgan fingerprint density at radius 2 is 2.00 bits per heavy atom. The predicted octanol–water partition coefficient (Wildman–Crippen LogP) is 5.55. The summed E-state index contributed by atoms with van der Waals surface area (Å²) in [7, 11) is 0. The van der Waals surface area contributed by atoms with Gasteiger partial charge in [-0.1, -0.05) is 39.8 Å². The van der Waals surface area contributed by atoms with Gasteiger partial charge in [0.2, 0.25) is 0 Å². The first-order chi connectivity index (χ1) is 8.87. The predicted molar refractivity (Wildman–Crippen MR) is 84.0 cm³/mol. The average Bonchev–Trinajstić information content (AvgIpc) is 2.73. The second-order valence-electron chi connectivity index (χ2n) is 6.64. The van der Waals surface area contributed by atoms with Crippen molar-refractivity contribution >= 4 is 27.2 Å². The molecule has 0 N–H and O–H groups in total. The van der Waals surface area contributed by atoms with E-state index in [1.165, 1.54) is 5.39 Å². The Hall–Kier alpha value is -1.15. The largest absolute Gasteiger partial charge is 0.294 e. The maximum Gasteiger partial charge on any atom is 0.164 e. The average molecular weight is 274 g/mol. The van der Waals surface area contributed by atoms with Crippen molar-refractivity contribution in [3.05, 3.63) is 35.2 Å². The van der Waals surface area contributed by atoms with Crippen molar-refractivity contribution in [1.82, 2.24) is 0 Å². The number of Topliss-reactive ketones (excluding diaryl/α,β-unsaturated/α-hetero) is 1. The Kier molecular flexibility index (Phi) is 4.10. The van der Waals surface area contributed by atoms with Crippen LogP contribution in [-0.2, 0) is 0 Å². The molecule has 0 bridgehead atoms. The highest BCUT2D eigenvalue weighted by Gasteiger charge is 2.19. The van der Waals surface area contributed by atoms with Gasteiger partial charge in [0, 0.05) is 16.7 Å². The van der Waals surface area contributed by atoms with E-state index in [9.17, 15) is 4.79 Å². The molecule has 1 atom stereocenters. The standard InChI is InChI=1S/C17H22OS/c1-12(11-17(2,3)4)10-15(18)14-7-5-6-13-8-9-19-16(13)14/h5-9,12H,10-11H2,1-4H3. The molecule has 1 nitrogen and oxygen atoms in total. The first-order valence-electron chi connectivity index (χ1n) is 6.86. The van der Waals surface area contributed by atoms with Gasteiger partial charge in [0.25, 0.3) is 0 Å². The van der Waals surface area contributed by atoms with Crippen LogP contribution in [0.25, 0.3) is 10.1 Å². The maximum absolute atomic E-state index is 12.5. The Labute approximate surface area is 119 Å². The van der Waals surface area contributed by atoms with Crippen molar-refractivity contribution in [1.29, 1.82) is 0 Å². The number of carbonyl (C=O) groups excluding carboxylic acids is 1. The van der Waals surface area contributed by atoms with Crippen molar-refractivity contribution in [3.63, 3.8) is 0 Å². The van der Waals surface area contributed by atoms with Crippen molar-refractivity contribution in [2.24, 2.45) is 11.3 Å². The van der Waals surface area contributed by atoms with E-state index in [0.29, 0.717) is 12.3 Å². The van der Waals surface area contributed by atoms with Crippen LogP contribution in [0.5, 0.6) is 0 Å². The molecule has 0 radical (unpaired) electrons. The van der Waals surface area contributed by atoms with Gasteiger partial charge in [-0.05, 0) is 40.7 Å². The summed E-state index contributed by atoms with van der Waals surface area (Å²) in [6, 6.07) is 8.10. The molecule has 0 aliphatic carbocycles. The first-order valence-corrected chi connectivity index (χ1v) is 7.74. The number of fused-ring (bicyclic) bond motifs is 1. The van der Waals surface area contributed by atoms with Gasteiger partial charge in [-0.2, -0.15) is 0 Å². The third-order valence-electron chi connectivity index (χ3n) is 3.27. The second kappa shape index (κ2) is 5.46. The van der Waals surface area contributed by atoms with Crippen molar-refractivity contribution in [2.45, 2.75) is 40.5 Å². The van der Waals surface area contributed by atoms with Gasteiger partial charge in [0.05, 0.1) is 0 Å². The van der Waals surface area contributed by atoms with Gasteiger partial charge < -0.3 is 0 Å². The second-order valence-corrected chi connectivity index (χ2v) is 7.56. The van der Waals surface area contributed by atoms with E-state index < -0.39 is 0 Å². The molecule has 1 heterocycles. The number of carbonyl (C=O) groups is 1. The fraction of sp³-hybridized carbons (Fsp3) is 0.471. The van der Waals surface area contributed by atoms with Crippen molar-refractivity contribution < 1.29 is 4.79 Å². The number of hydrogen-bond acceptors (Lipinski definition) is 2. The summed E-state index contributed by atoms with van der Waals surface area (Å²) >= 11 is 1.66. The number of rotatable bonds is 4. The fourth-order valence-corrected chi connectivity index (χ4v) is 3.69. The molecule has 0 aliphatic heterocycles. The first kappa shape index (κ1) is 14.3. The monoisotopic (exact) mass is 274 g/mol. The number of hydrogen-bond donors (Lipinski definition) is 0. The molecule has 0 fully saturated rings. The smallest absolute Gasteiger partial charge is 0.164 e. The van der Waals surface area contributed by atoms with Crippen LogP contribution in [0.15, 0.2) is 29.6 Å². The molecule has 102 valence electrons. The van der Waals surface area contributed by atoms with Gasteiger partial charge in [0.15, 0.2) is 5.78 Å². The summed E-state index contributed by atoms with van der Waals surface area (Å²) in [4.78, 5) is 12.5. The topological polar surface area (TPSA) is 17.1 Å². The lowest BCUT2D eigenvalue weighted by Gasteiger charge is -2.22. The van der Waals surface area contributed by atoms with E-state index in [-0.39, 0.29) is 11.2 Å². The van der Waals surface area contributed by atoms with Crippen LogP contribution in [0.3, 0.4) is 0 Å². The van der Waals surface area contributed by atoms with Gasteiger partial charge in [0.1, 0.15) is 0 Å². The van der Waals surface area contributed by atoms with Crippen LogP contribution in [0, 0.1) is 11.3 Å². The minimum Gasteiger partial charge on any atom is -0.294 e. The third-order valence-corrected chi connectivity index (χ3v) is 4.24. The van der Waals surface area contributed by atoms with E-state index in [2.05, 4.69) is 45.2 Å². The third kappa shape index (κ3) is 3.66. The van der Waals surface area contributed by atoms with Crippen molar-refractivity contribution in [2.75, 3.05) is 0 Å². The molecular weight excluding hydrogens is 252 g/mol. The zero-order valence-electron chi connectivity index (χ0n) is 12.2. The Morgan fingerprint density at radius 1 is 1.26 bits per heavy atom. The van der Waals surface area contributed by atoms with Gasteiger partial charge in [-0.15, -0.1) is 11.3 Å². The zero-order chi connectivity index (χ0) is 14.0. The van der Waals surface area contributed by atoms with E-state index in [1.54, 1.807) is 11.3 Å². The fourth-order valence-electron chi connectivity index (χ4n) is 2.76. The van der Waals surface area contributed by atoms with Crippen LogP contribution in [0.4, 0.5) is 0 Å². The quantitative estimate of drug-likeness (QED) is 0.668. The van der Waals surface area contributed by atoms with E-state index >= 15 is 0 Å². The molecule has 2 heteroatoms. The van der Waals surface area contributed by atoms with Crippen LogP contribution < -0.4 is 0 Å². The lowest BCUT2D eigenvalue weighted by atomic mass is 9.83. The number of benzene rings is 1. The lowest BCUT2D eigenvalue weighted by Crippen LogP contribution is -2.14. The summed E-state index contributed by atoms with van der Waals surface area (Å²) in [5, 5.41) is 3.24. The molecule has 1 aromatic heterocycles. The molecule has 1 unspecified atom stereocenters. The van der Waals surface area contributed by atoms with E-state index in [4.69, 9.17) is 0 Å². The number of thiophene rings is 1. The highest BCUT2D eigenvalue weighted by atomic mass is 32.1. The Balaban J connectivity index is 2.14. The minimum absolute atomic E-state index is 0.282. The molecule has 2 aromatic rings. The summed E-state index contributed by atoms with van der Waals surface area (Å²) in [6.07, 6.45) is 1.73. The van der Waals surface area contributed by atoms with Crippen LogP contribution in [0.2, 0.25) is 0 Å². The van der Waals surface area contributed by atoms with Gasteiger partial charge >= 0.3 is 0 Å². The number of ketones is 1. The maximum atomic E-state index is 12.5.